The lowest BCUT2D eigenvalue weighted by atomic mass is 9.86. The minimum absolute atomic E-state index is 0.0913. The van der Waals surface area contributed by atoms with Crippen LogP contribution in [-0.2, 0) is 12.1 Å². The van der Waals surface area contributed by atoms with E-state index in [9.17, 15) is 13.2 Å². The Morgan fingerprint density at radius 2 is 1.81 bits per heavy atom. The summed E-state index contributed by atoms with van der Waals surface area (Å²) in [5, 5.41) is 0. The van der Waals surface area contributed by atoms with E-state index in [1.165, 1.54) is 6.07 Å². The predicted molar refractivity (Wildman–Crippen MR) is 80.8 cm³/mol. The summed E-state index contributed by atoms with van der Waals surface area (Å²) in [7, 11) is 1.77. The Bertz CT molecular complexity index is 479. The average molecular weight is 320 g/mol. The minimum atomic E-state index is -4.35. The number of halogens is 4. The molecule has 1 aliphatic rings. The summed E-state index contributed by atoms with van der Waals surface area (Å²) < 4.78 is 39.9. The van der Waals surface area contributed by atoms with Crippen molar-refractivity contribution < 1.29 is 13.2 Å². The van der Waals surface area contributed by atoms with Gasteiger partial charge in [-0.15, -0.1) is 11.6 Å². The fraction of sp³-hybridized carbons (Fsp3) is 0.625. The SMILES string of the molecule is CC1CCC(N(C)c2ccc(CCl)cc2C(F)(F)F)CC1. The predicted octanol–water partition coefficient (Wildman–Crippen LogP) is 5.46. The quantitative estimate of drug-likeness (QED) is 0.669. The molecule has 1 aromatic carbocycles. The van der Waals surface area contributed by atoms with Gasteiger partial charge in [-0.05, 0) is 49.3 Å². The molecule has 0 aromatic heterocycles. The van der Waals surface area contributed by atoms with Gasteiger partial charge in [0.25, 0.3) is 0 Å². The molecule has 118 valence electrons. The molecule has 0 radical (unpaired) electrons. The van der Waals surface area contributed by atoms with Gasteiger partial charge in [0.05, 0.1) is 5.56 Å². The van der Waals surface area contributed by atoms with Gasteiger partial charge in [0.2, 0.25) is 0 Å². The first kappa shape index (κ1) is 16.5. The van der Waals surface area contributed by atoms with E-state index >= 15 is 0 Å². The topological polar surface area (TPSA) is 3.24 Å². The van der Waals surface area contributed by atoms with Gasteiger partial charge in [0.15, 0.2) is 0 Å². The molecule has 0 saturated heterocycles. The first-order chi connectivity index (χ1) is 9.82. The molecule has 1 aromatic rings. The molecule has 1 saturated carbocycles. The highest BCUT2D eigenvalue weighted by atomic mass is 35.5. The fourth-order valence-corrected chi connectivity index (χ4v) is 3.19. The van der Waals surface area contributed by atoms with Crippen molar-refractivity contribution in [2.45, 2.75) is 50.7 Å². The maximum absolute atomic E-state index is 13.3. The van der Waals surface area contributed by atoms with Gasteiger partial charge in [-0.1, -0.05) is 13.0 Å². The average Bonchev–Trinajstić information content (AvgIpc) is 2.46. The summed E-state index contributed by atoms with van der Waals surface area (Å²) in [6, 6.07) is 4.59. The lowest BCUT2D eigenvalue weighted by Gasteiger charge is -2.36. The van der Waals surface area contributed by atoms with Crippen LogP contribution in [0, 0.1) is 5.92 Å². The van der Waals surface area contributed by atoms with Gasteiger partial charge in [-0.3, -0.25) is 0 Å². The fourth-order valence-electron chi connectivity index (χ4n) is 3.03. The molecule has 0 unspecified atom stereocenters. The normalized spacial score (nSPS) is 23.1. The van der Waals surface area contributed by atoms with Crippen LogP contribution in [0.25, 0.3) is 0 Å². The lowest BCUT2D eigenvalue weighted by molar-refractivity contribution is -0.137. The van der Waals surface area contributed by atoms with Crippen LogP contribution in [0.2, 0.25) is 0 Å². The maximum Gasteiger partial charge on any atom is 0.418 e. The van der Waals surface area contributed by atoms with Crippen molar-refractivity contribution in [1.29, 1.82) is 0 Å². The molecule has 0 spiro atoms. The van der Waals surface area contributed by atoms with Gasteiger partial charge in [0, 0.05) is 24.7 Å². The highest BCUT2D eigenvalue weighted by Gasteiger charge is 2.36. The third kappa shape index (κ3) is 3.85. The van der Waals surface area contributed by atoms with E-state index in [-0.39, 0.29) is 17.6 Å². The van der Waals surface area contributed by atoms with Gasteiger partial charge in [-0.25, -0.2) is 0 Å². The van der Waals surface area contributed by atoms with Gasteiger partial charge >= 0.3 is 6.18 Å². The molecule has 0 atom stereocenters. The number of benzene rings is 1. The highest BCUT2D eigenvalue weighted by Crippen LogP contribution is 2.39. The second kappa shape index (κ2) is 6.47. The standard InChI is InChI=1S/C16H21ClF3N/c1-11-3-6-13(7-4-11)21(2)15-8-5-12(10-17)9-14(15)16(18,19)20/h5,8-9,11,13H,3-4,6-7,10H2,1-2H3. The Morgan fingerprint density at radius 1 is 1.19 bits per heavy atom. The van der Waals surface area contributed by atoms with Gasteiger partial charge in [-0.2, -0.15) is 13.2 Å². The molecular weight excluding hydrogens is 299 g/mol. The third-order valence-electron chi connectivity index (χ3n) is 4.43. The summed E-state index contributed by atoms with van der Waals surface area (Å²) in [4.78, 5) is 1.80. The molecule has 1 nitrogen and oxygen atoms in total. The van der Waals surface area contributed by atoms with Crippen molar-refractivity contribution >= 4 is 17.3 Å². The summed E-state index contributed by atoms with van der Waals surface area (Å²) in [5.74, 6) is 0.768. The third-order valence-corrected chi connectivity index (χ3v) is 4.74. The second-order valence-electron chi connectivity index (χ2n) is 6.01. The van der Waals surface area contributed by atoms with E-state index < -0.39 is 11.7 Å². The van der Waals surface area contributed by atoms with Crippen LogP contribution in [0.4, 0.5) is 18.9 Å². The molecule has 0 aliphatic heterocycles. The molecule has 0 amide bonds. The summed E-state index contributed by atoms with van der Waals surface area (Å²) >= 11 is 5.66. The highest BCUT2D eigenvalue weighted by molar-refractivity contribution is 6.17. The number of hydrogen-bond donors (Lipinski definition) is 0. The first-order valence-electron chi connectivity index (χ1n) is 7.32. The van der Waals surface area contributed by atoms with Crippen LogP contribution in [0.5, 0.6) is 0 Å². The van der Waals surface area contributed by atoms with Crippen molar-refractivity contribution in [3.05, 3.63) is 29.3 Å². The Kier molecular flexibility index (Phi) is 5.07. The molecule has 1 aliphatic carbocycles. The van der Waals surface area contributed by atoms with Crippen molar-refractivity contribution in [2.24, 2.45) is 5.92 Å². The zero-order valence-electron chi connectivity index (χ0n) is 12.4. The van der Waals surface area contributed by atoms with Crippen LogP contribution in [0.3, 0.4) is 0 Å². The Hall–Kier alpha value is -0.900. The molecule has 5 heteroatoms. The van der Waals surface area contributed by atoms with Crippen molar-refractivity contribution in [3.63, 3.8) is 0 Å². The molecule has 0 heterocycles. The van der Waals surface area contributed by atoms with E-state index in [0.717, 1.165) is 25.7 Å². The number of hydrogen-bond acceptors (Lipinski definition) is 1. The van der Waals surface area contributed by atoms with Crippen molar-refractivity contribution in [1.82, 2.24) is 0 Å². The number of nitrogens with zero attached hydrogens (tertiary/aromatic N) is 1. The molecular formula is C16H21ClF3N. The van der Waals surface area contributed by atoms with Gasteiger partial charge < -0.3 is 4.90 Å². The van der Waals surface area contributed by atoms with E-state index in [0.29, 0.717) is 11.5 Å². The van der Waals surface area contributed by atoms with Crippen molar-refractivity contribution in [2.75, 3.05) is 11.9 Å². The van der Waals surface area contributed by atoms with E-state index in [1.54, 1.807) is 24.1 Å². The number of alkyl halides is 4. The van der Waals surface area contributed by atoms with Crippen LogP contribution in [0.15, 0.2) is 18.2 Å². The number of rotatable bonds is 3. The summed E-state index contributed by atoms with van der Waals surface area (Å²) in [6.45, 7) is 2.20. The summed E-state index contributed by atoms with van der Waals surface area (Å²) in [6.07, 6.45) is -0.293. The van der Waals surface area contributed by atoms with E-state index in [4.69, 9.17) is 11.6 Å². The van der Waals surface area contributed by atoms with Crippen molar-refractivity contribution in [3.8, 4) is 0 Å². The van der Waals surface area contributed by atoms with Crippen LogP contribution < -0.4 is 4.90 Å². The Morgan fingerprint density at radius 3 is 2.33 bits per heavy atom. The molecule has 0 bridgehead atoms. The zero-order chi connectivity index (χ0) is 15.6. The van der Waals surface area contributed by atoms with Crippen LogP contribution in [0.1, 0.15) is 43.7 Å². The summed E-state index contributed by atoms with van der Waals surface area (Å²) in [5.41, 5.74) is 0.177. The number of anilines is 1. The molecule has 0 N–H and O–H groups in total. The second-order valence-corrected chi connectivity index (χ2v) is 6.27. The largest absolute Gasteiger partial charge is 0.418 e. The maximum atomic E-state index is 13.3. The van der Waals surface area contributed by atoms with E-state index in [1.807, 2.05) is 0 Å². The molecule has 2 rings (SSSR count). The molecule has 21 heavy (non-hydrogen) atoms. The zero-order valence-corrected chi connectivity index (χ0v) is 13.1. The monoisotopic (exact) mass is 319 g/mol. The smallest absolute Gasteiger partial charge is 0.371 e. The Balaban J connectivity index is 2.29. The van der Waals surface area contributed by atoms with Crippen LogP contribution >= 0.6 is 11.6 Å². The van der Waals surface area contributed by atoms with E-state index in [2.05, 4.69) is 6.92 Å². The lowest BCUT2D eigenvalue weighted by Crippen LogP contribution is -2.36. The van der Waals surface area contributed by atoms with Crippen LogP contribution in [-0.4, -0.2) is 13.1 Å². The Labute approximate surface area is 129 Å². The minimum Gasteiger partial charge on any atom is -0.371 e. The molecule has 1 fully saturated rings. The van der Waals surface area contributed by atoms with Gasteiger partial charge in [0.1, 0.15) is 0 Å². The first-order valence-corrected chi connectivity index (χ1v) is 7.85.